The fourth-order valence-electron chi connectivity index (χ4n) is 2.62. The monoisotopic (exact) mass is 276 g/mol. The number of carbonyl (C=O) groups is 1. The predicted molar refractivity (Wildman–Crippen MR) is 79.4 cm³/mol. The molecule has 0 bridgehead atoms. The molecule has 3 atom stereocenters. The van der Waals surface area contributed by atoms with Crippen molar-refractivity contribution in [1.29, 1.82) is 0 Å². The summed E-state index contributed by atoms with van der Waals surface area (Å²) in [6, 6.07) is 5.95. The van der Waals surface area contributed by atoms with Gasteiger partial charge in [0.2, 0.25) is 5.91 Å². The van der Waals surface area contributed by atoms with Crippen molar-refractivity contribution in [3.63, 3.8) is 0 Å². The number of hydrogen-bond donors (Lipinski definition) is 1. The van der Waals surface area contributed by atoms with Crippen molar-refractivity contribution in [2.24, 2.45) is 5.73 Å². The van der Waals surface area contributed by atoms with E-state index in [-0.39, 0.29) is 18.1 Å². The van der Waals surface area contributed by atoms with Gasteiger partial charge in [-0.15, -0.1) is 0 Å². The molecule has 0 saturated carbocycles. The number of carbonyl (C=O) groups excluding carboxylic acids is 1. The highest BCUT2D eigenvalue weighted by Crippen LogP contribution is 2.28. The van der Waals surface area contributed by atoms with Crippen LogP contribution < -0.4 is 5.73 Å². The zero-order chi connectivity index (χ0) is 14.9. The summed E-state index contributed by atoms with van der Waals surface area (Å²) in [5.74, 6) is -0.00361. The topological polar surface area (TPSA) is 55.6 Å². The molecule has 1 aliphatic heterocycles. The molecule has 1 aliphatic rings. The Kier molecular flexibility index (Phi) is 4.45. The van der Waals surface area contributed by atoms with E-state index in [2.05, 4.69) is 32.0 Å². The predicted octanol–water partition coefficient (Wildman–Crippen LogP) is 1.94. The highest BCUT2D eigenvalue weighted by Gasteiger charge is 2.32. The van der Waals surface area contributed by atoms with Gasteiger partial charge in [-0.25, -0.2) is 0 Å². The van der Waals surface area contributed by atoms with Crippen molar-refractivity contribution in [2.45, 2.75) is 45.9 Å². The standard InChI is InChI=1S/C16H24N2O2/c1-10-5-6-11(2)14(7-10)15-8-18(12(3)9-20-15)16(19)13(4)17/h5-7,12-13,15H,8-9,17H2,1-4H3/t12-,13-,15+/m0/s1. The fourth-order valence-corrected chi connectivity index (χ4v) is 2.62. The molecule has 2 N–H and O–H groups in total. The molecule has 0 unspecified atom stereocenters. The number of aryl methyl sites for hydroxylation is 2. The lowest BCUT2D eigenvalue weighted by Gasteiger charge is -2.39. The second kappa shape index (κ2) is 5.94. The van der Waals surface area contributed by atoms with Crippen LogP contribution >= 0.6 is 0 Å². The minimum absolute atomic E-state index is 0.00361. The van der Waals surface area contributed by atoms with Gasteiger partial charge in [0.15, 0.2) is 0 Å². The second-order valence-electron chi connectivity index (χ2n) is 5.81. The van der Waals surface area contributed by atoms with E-state index in [4.69, 9.17) is 10.5 Å². The van der Waals surface area contributed by atoms with E-state index >= 15 is 0 Å². The van der Waals surface area contributed by atoms with Gasteiger partial charge in [-0.1, -0.05) is 23.8 Å². The minimum atomic E-state index is -0.463. The lowest BCUT2D eigenvalue weighted by atomic mass is 9.98. The van der Waals surface area contributed by atoms with E-state index in [1.807, 2.05) is 11.8 Å². The number of amides is 1. The number of ether oxygens (including phenoxy) is 1. The lowest BCUT2D eigenvalue weighted by molar-refractivity contribution is -0.145. The zero-order valence-electron chi connectivity index (χ0n) is 12.7. The third-order valence-corrected chi connectivity index (χ3v) is 3.89. The van der Waals surface area contributed by atoms with Crippen molar-refractivity contribution in [2.75, 3.05) is 13.2 Å². The Morgan fingerprint density at radius 2 is 2.15 bits per heavy atom. The zero-order valence-corrected chi connectivity index (χ0v) is 12.7. The number of rotatable bonds is 2. The molecular formula is C16H24N2O2. The summed E-state index contributed by atoms with van der Waals surface area (Å²) in [7, 11) is 0. The van der Waals surface area contributed by atoms with Crippen LogP contribution in [0.5, 0.6) is 0 Å². The van der Waals surface area contributed by atoms with Crippen molar-refractivity contribution in [1.82, 2.24) is 4.90 Å². The van der Waals surface area contributed by atoms with Crippen LogP contribution in [0.15, 0.2) is 18.2 Å². The Hall–Kier alpha value is -1.39. The number of nitrogens with zero attached hydrogens (tertiary/aromatic N) is 1. The first-order valence-electron chi connectivity index (χ1n) is 7.15. The average molecular weight is 276 g/mol. The van der Waals surface area contributed by atoms with Crippen molar-refractivity contribution in [3.05, 3.63) is 34.9 Å². The molecular weight excluding hydrogens is 252 g/mol. The maximum Gasteiger partial charge on any atom is 0.239 e. The summed E-state index contributed by atoms with van der Waals surface area (Å²) < 4.78 is 5.94. The summed E-state index contributed by atoms with van der Waals surface area (Å²) in [6.07, 6.45) is -0.0613. The van der Waals surface area contributed by atoms with Gasteiger partial charge in [0.05, 0.1) is 25.2 Å². The summed E-state index contributed by atoms with van der Waals surface area (Å²) in [6.45, 7) is 9.01. The quantitative estimate of drug-likeness (QED) is 0.898. The van der Waals surface area contributed by atoms with Crippen LogP contribution in [-0.2, 0) is 9.53 Å². The van der Waals surface area contributed by atoms with E-state index < -0.39 is 6.04 Å². The Morgan fingerprint density at radius 1 is 1.45 bits per heavy atom. The third-order valence-electron chi connectivity index (χ3n) is 3.89. The van der Waals surface area contributed by atoms with E-state index in [1.54, 1.807) is 6.92 Å². The highest BCUT2D eigenvalue weighted by molar-refractivity contribution is 5.81. The first kappa shape index (κ1) is 15.0. The minimum Gasteiger partial charge on any atom is -0.370 e. The number of morpholine rings is 1. The van der Waals surface area contributed by atoms with Crippen LogP contribution in [0.2, 0.25) is 0 Å². The van der Waals surface area contributed by atoms with Crippen LogP contribution in [0.25, 0.3) is 0 Å². The van der Waals surface area contributed by atoms with Gasteiger partial charge in [-0.2, -0.15) is 0 Å². The average Bonchev–Trinajstić information content (AvgIpc) is 2.41. The van der Waals surface area contributed by atoms with Gasteiger partial charge in [-0.05, 0) is 38.8 Å². The molecule has 0 radical (unpaired) electrons. The Bertz CT molecular complexity index is 499. The first-order valence-corrected chi connectivity index (χ1v) is 7.15. The number of hydrogen-bond acceptors (Lipinski definition) is 3. The highest BCUT2D eigenvalue weighted by atomic mass is 16.5. The Balaban J connectivity index is 2.22. The largest absolute Gasteiger partial charge is 0.370 e. The molecule has 110 valence electrons. The SMILES string of the molecule is Cc1ccc(C)c([C@H]2CN(C(=O)[C@H](C)N)[C@@H](C)CO2)c1. The van der Waals surface area contributed by atoms with Crippen LogP contribution in [0, 0.1) is 13.8 Å². The van der Waals surface area contributed by atoms with E-state index in [0.29, 0.717) is 13.2 Å². The number of nitrogens with two attached hydrogens (primary N) is 1. The molecule has 1 aromatic rings. The third kappa shape index (κ3) is 3.02. The van der Waals surface area contributed by atoms with Gasteiger partial charge in [0.1, 0.15) is 6.10 Å². The van der Waals surface area contributed by atoms with E-state index in [9.17, 15) is 4.79 Å². The number of benzene rings is 1. The first-order chi connectivity index (χ1) is 9.40. The van der Waals surface area contributed by atoms with Gasteiger partial charge < -0.3 is 15.4 Å². The smallest absolute Gasteiger partial charge is 0.239 e. The fraction of sp³-hybridized carbons (Fsp3) is 0.562. The molecule has 1 heterocycles. The molecule has 1 saturated heterocycles. The van der Waals surface area contributed by atoms with Crippen LogP contribution in [-0.4, -0.2) is 36.0 Å². The molecule has 4 heteroatoms. The van der Waals surface area contributed by atoms with E-state index in [1.165, 1.54) is 16.7 Å². The van der Waals surface area contributed by atoms with Gasteiger partial charge >= 0.3 is 0 Å². The van der Waals surface area contributed by atoms with Crippen molar-refractivity contribution < 1.29 is 9.53 Å². The Morgan fingerprint density at radius 3 is 2.80 bits per heavy atom. The van der Waals surface area contributed by atoms with Crippen molar-refractivity contribution in [3.8, 4) is 0 Å². The van der Waals surface area contributed by atoms with Crippen LogP contribution in [0.3, 0.4) is 0 Å². The molecule has 1 amide bonds. The maximum atomic E-state index is 12.2. The molecule has 0 aliphatic carbocycles. The normalized spacial score (nSPS) is 24.6. The summed E-state index contributed by atoms with van der Waals surface area (Å²) in [4.78, 5) is 14.0. The second-order valence-corrected chi connectivity index (χ2v) is 5.81. The summed E-state index contributed by atoms with van der Waals surface area (Å²) >= 11 is 0. The van der Waals surface area contributed by atoms with Gasteiger partial charge in [0.25, 0.3) is 0 Å². The summed E-state index contributed by atoms with van der Waals surface area (Å²) in [5.41, 5.74) is 9.31. The Labute approximate surface area is 120 Å². The van der Waals surface area contributed by atoms with Gasteiger partial charge in [-0.3, -0.25) is 4.79 Å². The van der Waals surface area contributed by atoms with Crippen LogP contribution in [0.1, 0.15) is 36.6 Å². The molecule has 0 aromatic heterocycles. The molecule has 20 heavy (non-hydrogen) atoms. The molecule has 1 fully saturated rings. The molecule has 1 aromatic carbocycles. The molecule has 2 rings (SSSR count). The summed E-state index contributed by atoms with van der Waals surface area (Å²) in [5, 5.41) is 0. The maximum absolute atomic E-state index is 12.2. The van der Waals surface area contributed by atoms with E-state index in [0.717, 1.165) is 0 Å². The van der Waals surface area contributed by atoms with Crippen molar-refractivity contribution >= 4 is 5.91 Å². The lowest BCUT2D eigenvalue weighted by Crippen LogP contribution is -2.52. The van der Waals surface area contributed by atoms with Crippen LogP contribution in [0.4, 0.5) is 0 Å². The van der Waals surface area contributed by atoms with Gasteiger partial charge in [0, 0.05) is 0 Å². The molecule has 0 spiro atoms. The molecule has 4 nitrogen and oxygen atoms in total.